The molecule has 0 unspecified atom stereocenters. The highest BCUT2D eigenvalue weighted by Gasteiger charge is 2.22. The van der Waals surface area contributed by atoms with E-state index in [2.05, 4.69) is 4.98 Å². The van der Waals surface area contributed by atoms with Crippen LogP contribution in [0.25, 0.3) is 5.52 Å². The van der Waals surface area contributed by atoms with Crippen LogP contribution < -0.4 is 0 Å². The fraction of sp³-hybridized carbons (Fsp3) is 0.417. The van der Waals surface area contributed by atoms with Crippen molar-refractivity contribution < 1.29 is 5.11 Å². The van der Waals surface area contributed by atoms with E-state index >= 15 is 0 Å². The van der Waals surface area contributed by atoms with E-state index in [1.54, 1.807) is 12.3 Å². The minimum absolute atomic E-state index is 0.251. The monoisotopic (exact) mass is 236 g/mol. The first-order chi connectivity index (χ1) is 7.75. The number of pyridine rings is 1. The lowest BCUT2D eigenvalue weighted by Crippen LogP contribution is -1.99. The van der Waals surface area contributed by atoms with Gasteiger partial charge in [0.2, 0.25) is 0 Å². The van der Waals surface area contributed by atoms with Crippen molar-refractivity contribution in [3.05, 3.63) is 29.3 Å². The maximum absolute atomic E-state index is 9.52. The molecule has 0 aromatic carbocycles. The van der Waals surface area contributed by atoms with Crippen LogP contribution >= 0.6 is 11.6 Å². The summed E-state index contributed by atoms with van der Waals surface area (Å²) in [6.07, 6.45) is 6.56. The topological polar surface area (TPSA) is 37.5 Å². The molecular formula is C12H13ClN2O. The number of hydrogen-bond donors (Lipinski definition) is 1. The quantitative estimate of drug-likeness (QED) is 0.825. The molecule has 2 heterocycles. The van der Waals surface area contributed by atoms with Gasteiger partial charge in [-0.05, 0) is 25.0 Å². The van der Waals surface area contributed by atoms with Gasteiger partial charge in [-0.2, -0.15) is 0 Å². The van der Waals surface area contributed by atoms with Crippen LogP contribution in [-0.2, 0) is 0 Å². The number of fused-ring (bicyclic) bond motifs is 1. The molecule has 0 radical (unpaired) electrons. The SMILES string of the molecule is Oc1ccc2c(Cl)nc(C3CCCC3)n2c1. The molecule has 4 heteroatoms. The molecule has 0 saturated heterocycles. The molecule has 1 fully saturated rings. The Labute approximate surface area is 98.7 Å². The van der Waals surface area contributed by atoms with Gasteiger partial charge in [0, 0.05) is 5.92 Å². The Morgan fingerprint density at radius 1 is 1.31 bits per heavy atom. The molecule has 3 rings (SSSR count). The number of imidazole rings is 1. The van der Waals surface area contributed by atoms with Crippen LogP contribution in [0.1, 0.15) is 37.4 Å². The van der Waals surface area contributed by atoms with Crippen molar-refractivity contribution in [2.24, 2.45) is 0 Å². The number of aromatic nitrogens is 2. The zero-order valence-electron chi connectivity index (χ0n) is 8.86. The molecule has 1 aliphatic rings. The van der Waals surface area contributed by atoms with E-state index in [0.29, 0.717) is 11.1 Å². The molecule has 0 atom stereocenters. The molecule has 2 aromatic heterocycles. The number of hydrogen-bond acceptors (Lipinski definition) is 2. The van der Waals surface area contributed by atoms with E-state index in [4.69, 9.17) is 11.6 Å². The first-order valence-corrected chi connectivity index (χ1v) is 6.00. The second-order valence-electron chi connectivity index (χ2n) is 4.38. The van der Waals surface area contributed by atoms with Gasteiger partial charge >= 0.3 is 0 Å². The Morgan fingerprint density at radius 3 is 2.81 bits per heavy atom. The highest BCUT2D eigenvalue weighted by molar-refractivity contribution is 6.32. The second kappa shape index (κ2) is 3.67. The summed E-state index contributed by atoms with van der Waals surface area (Å²) in [5, 5.41) is 10.0. The third-order valence-electron chi connectivity index (χ3n) is 3.32. The molecule has 3 nitrogen and oxygen atoms in total. The maximum atomic E-state index is 9.52. The van der Waals surface area contributed by atoms with Crippen molar-refractivity contribution in [1.82, 2.24) is 9.38 Å². The summed E-state index contributed by atoms with van der Waals surface area (Å²) in [4.78, 5) is 4.43. The smallest absolute Gasteiger partial charge is 0.155 e. The Balaban J connectivity index is 2.19. The summed E-state index contributed by atoms with van der Waals surface area (Å²) < 4.78 is 1.92. The fourth-order valence-corrected chi connectivity index (χ4v) is 2.77. The van der Waals surface area contributed by atoms with Gasteiger partial charge in [0.15, 0.2) is 5.15 Å². The van der Waals surface area contributed by atoms with Crippen LogP contribution in [0.5, 0.6) is 5.75 Å². The molecule has 0 amide bonds. The van der Waals surface area contributed by atoms with Crippen molar-refractivity contribution in [2.45, 2.75) is 31.6 Å². The molecule has 1 N–H and O–H groups in total. The van der Waals surface area contributed by atoms with Gasteiger partial charge in [-0.25, -0.2) is 4.98 Å². The summed E-state index contributed by atoms with van der Waals surface area (Å²) >= 11 is 6.09. The van der Waals surface area contributed by atoms with Crippen LogP contribution in [0.15, 0.2) is 18.3 Å². The standard InChI is InChI=1S/C12H13ClN2O/c13-11-10-6-5-9(16)7-15(10)12(14-11)8-3-1-2-4-8/h5-8,16H,1-4H2. The van der Waals surface area contributed by atoms with Crippen molar-refractivity contribution in [1.29, 1.82) is 0 Å². The molecule has 84 valence electrons. The third-order valence-corrected chi connectivity index (χ3v) is 3.60. The van der Waals surface area contributed by atoms with Gasteiger partial charge in [-0.15, -0.1) is 0 Å². The molecule has 0 spiro atoms. The third kappa shape index (κ3) is 1.47. The van der Waals surface area contributed by atoms with Gasteiger partial charge in [-0.3, -0.25) is 4.40 Å². The minimum atomic E-state index is 0.251. The van der Waals surface area contributed by atoms with Crippen molar-refractivity contribution in [3.63, 3.8) is 0 Å². The van der Waals surface area contributed by atoms with E-state index in [1.165, 1.54) is 25.7 Å². The molecular weight excluding hydrogens is 224 g/mol. The lowest BCUT2D eigenvalue weighted by atomic mass is 10.1. The second-order valence-corrected chi connectivity index (χ2v) is 4.74. The van der Waals surface area contributed by atoms with E-state index in [0.717, 1.165) is 11.3 Å². The van der Waals surface area contributed by atoms with Crippen molar-refractivity contribution >= 4 is 17.1 Å². The first kappa shape index (κ1) is 9.97. The predicted octanol–water partition coefficient (Wildman–Crippen LogP) is 3.35. The number of aromatic hydroxyl groups is 1. The summed E-state index contributed by atoms with van der Waals surface area (Å²) in [7, 11) is 0. The summed E-state index contributed by atoms with van der Waals surface area (Å²) in [5.74, 6) is 1.73. The van der Waals surface area contributed by atoms with Crippen molar-refractivity contribution in [3.8, 4) is 5.75 Å². The molecule has 1 saturated carbocycles. The zero-order valence-corrected chi connectivity index (χ0v) is 9.61. The molecule has 0 aliphatic heterocycles. The lowest BCUT2D eigenvalue weighted by molar-refractivity contribution is 0.471. The van der Waals surface area contributed by atoms with E-state index in [-0.39, 0.29) is 5.75 Å². The molecule has 1 aliphatic carbocycles. The fourth-order valence-electron chi connectivity index (χ4n) is 2.53. The largest absolute Gasteiger partial charge is 0.506 e. The molecule has 0 bridgehead atoms. The average Bonchev–Trinajstić information content (AvgIpc) is 2.86. The predicted molar refractivity (Wildman–Crippen MR) is 63.1 cm³/mol. The average molecular weight is 237 g/mol. The van der Waals surface area contributed by atoms with Crippen LogP contribution in [0.2, 0.25) is 5.15 Å². The van der Waals surface area contributed by atoms with Gasteiger partial charge in [0.05, 0.1) is 11.7 Å². The number of halogens is 1. The Bertz CT molecular complexity index is 529. The van der Waals surface area contributed by atoms with E-state index in [9.17, 15) is 5.11 Å². The van der Waals surface area contributed by atoms with Crippen molar-refractivity contribution in [2.75, 3.05) is 0 Å². The maximum Gasteiger partial charge on any atom is 0.155 e. The van der Waals surface area contributed by atoms with Crippen LogP contribution in [0.4, 0.5) is 0 Å². The van der Waals surface area contributed by atoms with Gasteiger partial charge in [0.25, 0.3) is 0 Å². The lowest BCUT2D eigenvalue weighted by Gasteiger charge is -2.07. The zero-order chi connectivity index (χ0) is 11.1. The number of rotatable bonds is 1. The highest BCUT2D eigenvalue weighted by atomic mass is 35.5. The van der Waals surface area contributed by atoms with Gasteiger partial charge in [-0.1, -0.05) is 24.4 Å². The van der Waals surface area contributed by atoms with E-state index in [1.807, 2.05) is 10.5 Å². The highest BCUT2D eigenvalue weighted by Crippen LogP contribution is 2.35. The number of nitrogens with zero attached hydrogens (tertiary/aromatic N) is 2. The van der Waals surface area contributed by atoms with Gasteiger partial charge in [0.1, 0.15) is 11.6 Å². The van der Waals surface area contributed by atoms with Gasteiger partial charge < -0.3 is 5.11 Å². The normalized spacial score (nSPS) is 17.3. The summed E-state index contributed by atoms with van der Waals surface area (Å²) in [5.41, 5.74) is 0.876. The van der Waals surface area contributed by atoms with Crippen LogP contribution in [0.3, 0.4) is 0 Å². The minimum Gasteiger partial charge on any atom is -0.506 e. The molecule has 16 heavy (non-hydrogen) atoms. The Morgan fingerprint density at radius 2 is 2.06 bits per heavy atom. The Hall–Kier alpha value is -1.22. The first-order valence-electron chi connectivity index (χ1n) is 5.62. The van der Waals surface area contributed by atoms with Crippen LogP contribution in [0, 0.1) is 0 Å². The Kier molecular flexibility index (Phi) is 2.28. The molecule has 2 aromatic rings. The summed E-state index contributed by atoms with van der Waals surface area (Å²) in [6.45, 7) is 0. The van der Waals surface area contributed by atoms with E-state index < -0.39 is 0 Å². The summed E-state index contributed by atoms with van der Waals surface area (Å²) in [6, 6.07) is 3.45. The van der Waals surface area contributed by atoms with Crippen LogP contribution in [-0.4, -0.2) is 14.5 Å².